The van der Waals surface area contributed by atoms with E-state index in [2.05, 4.69) is 0 Å². The normalized spacial score (nSPS) is 10.7. The zero-order valence-electron chi connectivity index (χ0n) is 17.7. The Morgan fingerprint density at radius 3 is 1.12 bits per heavy atom. The molecule has 4 aromatic carbocycles. The first-order valence-electron chi connectivity index (χ1n) is 9.66. The molecule has 0 atom stereocenters. The van der Waals surface area contributed by atoms with E-state index < -0.39 is 22.2 Å². The zero-order chi connectivity index (χ0) is 23.0. The number of aromatic carboxylic acids is 2. The van der Waals surface area contributed by atoms with E-state index in [1.165, 1.54) is 18.2 Å². The first-order chi connectivity index (χ1) is 15.4. The van der Waals surface area contributed by atoms with Crippen LogP contribution in [0.2, 0.25) is 0 Å². The largest absolute Gasteiger partial charge is 2.00 e. The Morgan fingerprint density at radius 1 is 0.545 bits per heavy atom. The zero-order valence-corrected chi connectivity index (χ0v) is 20.7. The topological polar surface area (TPSA) is 100 Å². The third kappa shape index (κ3) is 6.69. The number of hydrogen-bond acceptors (Lipinski definition) is 5. The van der Waals surface area contributed by atoms with Gasteiger partial charge in [0.05, 0.1) is 11.9 Å². The third-order valence-corrected chi connectivity index (χ3v) is 7.45. The van der Waals surface area contributed by atoms with Crippen LogP contribution in [0.3, 0.4) is 0 Å². The molecule has 5 nitrogen and oxygen atoms in total. The molecule has 4 aromatic rings. The van der Waals surface area contributed by atoms with Crippen molar-refractivity contribution in [2.24, 2.45) is 0 Å². The molecule has 0 aliphatic carbocycles. The fourth-order valence-corrected chi connectivity index (χ4v) is 5.50. The Balaban J connectivity index is 0.000000257. The van der Waals surface area contributed by atoms with Gasteiger partial charge in [0.15, 0.2) is 0 Å². The summed E-state index contributed by atoms with van der Waals surface area (Å²) in [7, 11) is -2.18. The summed E-state index contributed by atoms with van der Waals surface area (Å²) < 4.78 is 11.5. The van der Waals surface area contributed by atoms with Gasteiger partial charge in [0.2, 0.25) is 0 Å². The van der Waals surface area contributed by atoms with Gasteiger partial charge in [-0.25, -0.2) is 0 Å². The number of carbonyl (C=O) groups excluding carboxylic acids is 2. The predicted molar refractivity (Wildman–Crippen MR) is 125 cm³/mol. The molecule has 4 rings (SSSR count). The van der Waals surface area contributed by atoms with E-state index >= 15 is 0 Å². The van der Waals surface area contributed by atoms with Crippen LogP contribution >= 0.6 is 10.3 Å². The van der Waals surface area contributed by atoms with Crippen LogP contribution in [-0.4, -0.2) is 54.2 Å². The van der Waals surface area contributed by atoms with Gasteiger partial charge in [0.1, 0.15) is 0 Å². The van der Waals surface area contributed by atoms with Gasteiger partial charge in [-0.05, 0) is 53.6 Å². The first kappa shape index (κ1) is 26.6. The van der Waals surface area contributed by atoms with Gasteiger partial charge in [-0.2, -0.15) is 0 Å². The molecule has 0 heterocycles. The molecule has 0 unspecified atom stereocenters. The summed E-state index contributed by atoms with van der Waals surface area (Å²) >= 11 is 0. The van der Waals surface area contributed by atoms with E-state index in [4.69, 9.17) is 0 Å². The van der Waals surface area contributed by atoms with Crippen LogP contribution in [-0.2, 0) is 0 Å². The molecule has 0 aliphatic heterocycles. The maximum Gasteiger partial charge on any atom is 2.00 e. The molecule has 0 spiro atoms. The minimum Gasteiger partial charge on any atom is -0.545 e. The van der Waals surface area contributed by atoms with E-state index in [0.717, 1.165) is 20.8 Å². The summed E-state index contributed by atoms with van der Waals surface area (Å²) in [6, 6.07) is 34.5. The molecule has 0 radical (unpaired) electrons. The Kier molecular flexibility index (Phi) is 10.2. The minimum atomic E-state index is -2.18. The Morgan fingerprint density at radius 2 is 0.848 bits per heavy atom. The van der Waals surface area contributed by atoms with Crippen molar-refractivity contribution in [3.05, 3.63) is 126 Å². The van der Waals surface area contributed by atoms with E-state index in [1.54, 1.807) is 0 Å². The van der Waals surface area contributed by atoms with Gasteiger partial charge in [-0.3, -0.25) is 0 Å². The van der Waals surface area contributed by atoms with Crippen molar-refractivity contribution in [3.63, 3.8) is 0 Å². The maximum atomic E-state index is 11.5. The Bertz CT molecular complexity index is 1060. The van der Waals surface area contributed by atoms with Gasteiger partial charge in [-0.1, -0.05) is 83.1 Å². The van der Waals surface area contributed by atoms with Gasteiger partial charge in [-0.15, -0.1) is 0 Å². The fraction of sp³-hybridized carbons (Fsp3) is 0. The number of hydrogen-bond donors (Lipinski definition) is 1. The Hall–Kier alpha value is -2.61. The molecular formula is C26H20CaO5S. The van der Waals surface area contributed by atoms with E-state index in [1.807, 2.05) is 91.0 Å². The van der Waals surface area contributed by atoms with Crippen LogP contribution in [0.5, 0.6) is 0 Å². The van der Waals surface area contributed by atoms with Crippen molar-refractivity contribution >= 4 is 60.0 Å². The molecule has 162 valence electrons. The third-order valence-electron chi connectivity index (χ3n) is 4.59. The summed E-state index contributed by atoms with van der Waals surface area (Å²) in [6.45, 7) is 0. The fourth-order valence-electron chi connectivity index (χ4n) is 3.03. The molecule has 33 heavy (non-hydrogen) atoms. The number of benzene rings is 4. The molecule has 7 heteroatoms. The van der Waals surface area contributed by atoms with Crippen molar-refractivity contribution in [1.82, 2.24) is 0 Å². The smallest absolute Gasteiger partial charge is 0.545 e. The van der Waals surface area contributed by atoms with Crippen molar-refractivity contribution in [3.8, 4) is 0 Å². The molecule has 0 saturated carbocycles. The van der Waals surface area contributed by atoms with Crippen LogP contribution in [0, 0.1) is 0 Å². The van der Waals surface area contributed by atoms with Crippen LogP contribution in [0.25, 0.3) is 0 Å². The average Bonchev–Trinajstić information content (AvgIpc) is 2.85. The van der Waals surface area contributed by atoms with Gasteiger partial charge in [0.25, 0.3) is 0 Å². The van der Waals surface area contributed by atoms with Crippen LogP contribution in [0.1, 0.15) is 20.7 Å². The SMILES string of the molecule is O=C([O-])c1cccc(C(=O)[O-])c1.OS(c1ccccc1)(c1ccccc1)c1ccccc1.[Ca+2]. The van der Waals surface area contributed by atoms with E-state index in [-0.39, 0.29) is 48.9 Å². The second-order valence-electron chi connectivity index (χ2n) is 6.67. The molecular weight excluding hydrogens is 464 g/mol. The van der Waals surface area contributed by atoms with Crippen molar-refractivity contribution < 1.29 is 24.4 Å². The second-order valence-corrected chi connectivity index (χ2v) is 9.25. The van der Waals surface area contributed by atoms with Crippen molar-refractivity contribution in [2.75, 3.05) is 0 Å². The maximum absolute atomic E-state index is 11.5. The second kappa shape index (κ2) is 12.6. The molecule has 0 amide bonds. The standard InChI is InChI=1S/C18H16OS.C8H6O4.Ca/c19-20(16-10-4-1-5-11-16,17-12-6-2-7-13-17)18-14-8-3-9-15-18;9-7(10)5-2-1-3-6(4-5)8(11)12;/h1-15,19H;1-4H,(H,9,10)(H,11,12);/q;;+2/p-2. The summed E-state index contributed by atoms with van der Waals surface area (Å²) in [4.78, 5) is 23.4. The number of rotatable bonds is 5. The number of carboxylic acid groups (broad SMARTS) is 2. The summed E-state index contributed by atoms with van der Waals surface area (Å²) in [5.41, 5.74) is -0.339. The Labute approximate surface area is 223 Å². The van der Waals surface area contributed by atoms with Crippen LogP contribution in [0.4, 0.5) is 0 Å². The van der Waals surface area contributed by atoms with Crippen LogP contribution in [0.15, 0.2) is 130 Å². The molecule has 0 saturated heterocycles. The monoisotopic (exact) mass is 484 g/mol. The van der Waals surface area contributed by atoms with Gasteiger partial charge in [0, 0.05) is 14.7 Å². The quantitative estimate of drug-likeness (QED) is 0.437. The minimum absolute atomic E-state index is 0. The van der Waals surface area contributed by atoms with Crippen molar-refractivity contribution in [1.29, 1.82) is 0 Å². The van der Waals surface area contributed by atoms with E-state index in [0.29, 0.717) is 0 Å². The molecule has 0 bridgehead atoms. The number of carboxylic acids is 2. The average molecular weight is 485 g/mol. The first-order valence-corrected chi connectivity index (χ1v) is 11.3. The predicted octanol–water partition coefficient (Wildman–Crippen LogP) is 3.47. The van der Waals surface area contributed by atoms with Gasteiger partial charge < -0.3 is 24.4 Å². The molecule has 0 aliphatic rings. The molecule has 0 aromatic heterocycles. The number of carbonyl (C=O) groups is 2. The summed E-state index contributed by atoms with van der Waals surface area (Å²) in [6.07, 6.45) is 0. The van der Waals surface area contributed by atoms with Crippen molar-refractivity contribution in [2.45, 2.75) is 14.7 Å². The van der Waals surface area contributed by atoms with E-state index in [9.17, 15) is 24.4 Å². The van der Waals surface area contributed by atoms with Crippen LogP contribution < -0.4 is 10.2 Å². The van der Waals surface area contributed by atoms with Gasteiger partial charge >= 0.3 is 37.7 Å². The summed E-state index contributed by atoms with van der Waals surface area (Å²) in [5.74, 6) is -2.81. The molecule has 1 N–H and O–H groups in total. The molecule has 0 fully saturated rings. The summed E-state index contributed by atoms with van der Waals surface area (Å²) in [5, 5.41) is 20.5.